The fourth-order valence-corrected chi connectivity index (χ4v) is 3.81. The summed E-state index contributed by atoms with van der Waals surface area (Å²) in [6, 6.07) is 10.4. The van der Waals surface area contributed by atoms with Crippen molar-refractivity contribution in [2.24, 2.45) is 4.99 Å². The van der Waals surface area contributed by atoms with E-state index in [-0.39, 0.29) is 36.2 Å². The molecule has 1 aromatic heterocycles. The van der Waals surface area contributed by atoms with Crippen LogP contribution in [0.4, 0.5) is 0 Å². The number of rotatable bonds is 3. The molecule has 4 rings (SSSR count). The first-order valence-electron chi connectivity index (χ1n) is 9.36. The number of aliphatic imine (C=N–C) groups is 1. The van der Waals surface area contributed by atoms with Crippen molar-refractivity contribution in [3.8, 4) is 0 Å². The number of guanidine groups is 1. The maximum atomic E-state index is 5.95. The van der Waals surface area contributed by atoms with E-state index in [1.54, 1.807) is 0 Å². The van der Waals surface area contributed by atoms with Crippen LogP contribution in [0.3, 0.4) is 0 Å². The van der Waals surface area contributed by atoms with Gasteiger partial charge in [0.05, 0.1) is 24.9 Å². The Balaban J connectivity index is 0.00000210. The molecule has 2 unspecified atom stereocenters. The van der Waals surface area contributed by atoms with Crippen LogP contribution >= 0.6 is 24.0 Å². The third-order valence-corrected chi connectivity index (χ3v) is 5.15. The molecule has 2 fully saturated rings. The van der Waals surface area contributed by atoms with Crippen LogP contribution in [-0.2, 0) is 16.0 Å². The normalized spacial score (nSPS) is 23.3. The van der Waals surface area contributed by atoms with Crippen LogP contribution < -0.4 is 5.32 Å². The second kappa shape index (κ2) is 9.66. The molecule has 0 amide bonds. The average Bonchev–Trinajstić information content (AvgIpc) is 3.24. The van der Waals surface area contributed by atoms with Crippen molar-refractivity contribution < 1.29 is 9.47 Å². The fourth-order valence-electron chi connectivity index (χ4n) is 3.81. The van der Waals surface area contributed by atoms with E-state index in [1.807, 2.05) is 19.3 Å². The molecule has 7 heteroatoms. The Kier molecular flexibility index (Phi) is 7.26. The van der Waals surface area contributed by atoms with Gasteiger partial charge in [-0.1, -0.05) is 24.3 Å². The Morgan fingerprint density at radius 2 is 2.07 bits per heavy atom. The second-order valence-electron chi connectivity index (χ2n) is 6.79. The predicted molar refractivity (Wildman–Crippen MR) is 118 cm³/mol. The van der Waals surface area contributed by atoms with Gasteiger partial charge in [-0.15, -0.1) is 24.0 Å². The van der Waals surface area contributed by atoms with Gasteiger partial charge in [0.25, 0.3) is 0 Å². The molecule has 0 aliphatic carbocycles. The zero-order chi connectivity index (χ0) is 17.8. The number of benzene rings is 1. The Bertz CT molecular complexity index is 774. The molecule has 2 aliphatic rings. The number of aromatic nitrogens is 1. The monoisotopic (exact) mass is 482 g/mol. The van der Waals surface area contributed by atoms with Gasteiger partial charge >= 0.3 is 0 Å². The number of fused-ring (bicyclic) bond motifs is 1. The highest BCUT2D eigenvalue weighted by Crippen LogP contribution is 2.21. The summed E-state index contributed by atoms with van der Waals surface area (Å²) in [6.45, 7) is 3.86. The van der Waals surface area contributed by atoms with E-state index < -0.39 is 0 Å². The Labute approximate surface area is 177 Å². The Morgan fingerprint density at radius 3 is 2.89 bits per heavy atom. The van der Waals surface area contributed by atoms with E-state index in [2.05, 4.69) is 44.5 Å². The first-order valence-corrected chi connectivity index (χ1v) is 9.36. The molecular weight excluding hydrogens is 455 g/mol. The van der Waals surface area contributed by atoms with Crippen molar-refractivity contribution in [2.45, 2.75) is 31.6 Å². The lowest BCUT2D eigenvalue weighted by atomic mass is 10.1. The molecule has 1 aromatic carbocycles. The number of pyridine rings is 1. The molecule has 2 atom stereocenters. The fraction of sp³-hybridized carbons (Fsp3) is 0.500. The van der Waals surface area contributed by atoms with E-state index in [0.717, 1.165) is 44.2 Å². The van der Waals surface area contributed by atoms with Gasteiger partial charge in [0, 0.05) is 38.3 Å². The topological polar surface area (TPSA) is 59.0 Å². The molecule has 2 aliphatic heterocycles. The van der Waals surface area contributed by atoms with Crippen molar-refractivity contribution in [1.82, 2.24) is 15.2 Å². The molecule has 0 saturated carbocycles. The van der Waals surface area contributed by atoms with Crippen molar-refractivity contribution in [2.75, 3.05) is 33.4 Å². The van der Waals surface area contributed by atoms with E-state index in [4.69, 9.17) is 9.47 Å². The van der Waals surface area contributed by atoms with Crippen LogP contribution in [0.1, 0.15) is 18.5 Å². The highest BCUT2D eigenvalue weighted by molar-refractivity contribution is 14.0. The molecule has 3 heterocycles. The number of nitrogens with zero attached hydrogens (tertiary/aromatic N) is 3. The minimum absolute atomic E-state index is 0. The van der Waals surface area contributed by atoms with E-state index in [0.29, 0.717) is 13.2 Å². The predicted octanol–water partition coefficient (Wildman–Crippen LogP) is 2.81. The first kappa shape index (κ1) is 20.3. The Hall–Kier alpha value is -1.45. The summed E-state index contributed by atoms with van der Waals surface area (Å²) in [6.07, 6.45) is 4.43. The average molecular weight is 482 g/mol. The van der Waals surface area contributed by atoms with Crippen molar-refractivity contribution in [3.05, 3.63) is 42.2 Å². The van der Waals surface area contributed by atoms with Gasteiger partial charge in [0.1, 0.15) is 6.10 Å². The van der Waals surface area contributed by atoms with Crippen LogP contribution in [0.5, 0.6) is 0 Å². The molecule has 2 saturated heterocycles. The number of nitrogens with one attached hydrogen (secondary N) is 1. The number of ether oxygens (including phenoxy) is 2. The molecule has 2 aromatic rings. The highest BCUT2D eigenvalue weighted by Gasteiger charge is 2.32. The molecule has 6 nitrogen and oxygen atoms in total. The summed E-state index contributed by atoms with van der Waals surface area (Å²) in [7, 11) is 1.83. The van der Waals surface area contributed by atoms with E-state index >= 15 is 0 Å². The SMILES string of the molecule is CN=C(NCc1nccc2ccccc12)N1CCOC(C2CCCO2)C1.I. The lowest BCUT2D eigenvalue weighted by molar-refractivity contribution is -0.0817. The third-order valence-electron chi connectivity index (χ3n) is 5.15. The summed E-state index contributed by atoms with van der Waals surface area (Å²) in [4.78, 5) is 11.3. The molecular formula is C20H27IN4O2. The summed E-state index contributed by atoms with van der Waals surface area (Å²) < 4.78 is 11.8. The largest absolute Gasteiger partial charge is 0.375 e. The third kappa shape index (κ3) is 4.70. The van der Waals surface area contributed by atoms with Gasteiger partial charge in [-0.2, -0.15) is 0 Å². The van der Waals surface area contributed by atoms with Gasteiger partial charge in [-0.05, 0) is 24.3 Å². The van der Waals surface area contributed by atoms with Gasteiger partial charge in [0.15, 0.2) is 5.96 Å². The maximum absolute atomic E-state index is 5.95. The number of halogens is 1. The zero-order valence-corrected chi connectivity index (χ0v) is 18.0. The van der Waals surface area contributed by atoms with Crippen molar-refractivity contribution in [1.29, 1.82) is 0 Å². The number of hydrogen-bond acceptors (Lipinski definition) is 4. The summed E-state index contributed by atoms with van der Waals surface area (Å²) in [5, 5.41) is 5.86. The van der Waals surface area contributed by atoms with Crippen LogP contribution in [0.15, 0.2) is 41.5 Å². The van der Waals surface area contributed by atoms with Crippen LogP contribution in [0.2, 0.25) is 0 Å². The molecule has 146 valence electrons. The van der Waals surface area contributed by atoms with Crippen LogP contribution in [-0.4, -0.2) is 61.4 Å². The number of morpholine rings is 1. The van der Waals surface area contributed by atoms with Gasteiger partial charge in [0.2, 0.25) is 0 Å². The van der Waals surface area contributed by atoms with E-state index in [9.17, 15) is 0 Å². The van der Waals surface area contributed by atoms with Gasteiger partial charge in [-0.3, -0.25) is 9.98 Å². The first-order chi connectivity index (χ1) is 12.8. The zero-order valence-electron chi connectivity index (χ0n) is 15.6. The lowest BCUT2D eigenvalue weighted by Crippen LogP contribution is -2.53. The van der Waals surface area contributed by atoms with Crippen LogP contribution in [0.25, 0.3) is 10.8 Å². The van der Waals surface area contributed by atoms with Crippen molar-refractivity contribution in [3.63, 3.8) is 0 Å². The molecule has 0 radical (unpaired) electrons. The lowest BCUT2D eigenvalue weighted by Gasteiger charge is -2.37. The van der Waals surface area contributed by atoms with Crippen molar-refractivity contribution >= 4 is 40.7 Å². The van der Waals surface area contributed by atoms with Gasteiger partial charge in [-0.25, -0.2) is 0 Å². The maximum Gasteiger partial charge on any atom is 0.194 e. The van der Waals surface area contributed by atoms with Gasteiger partial charge < -0.3 is 19.7 Å². The van der Waals surface area contributed by atoms with E-state index in [1.165, 1.54) is 10.8 Å². The summed E-state index contributed by atoms with van der Waals surface area (Å²) >= 11 is 0. The smallest absolute Gasteiger partial charge is 0.194 e. The Morgan fingerprint density at radius 1 is 1.22 bits per heavy atom. The standard InChI is InChI=1S/C20H26N4O2.HI/c1-21-20(24-10-12-26-19(14-24)18-7-4-11-25-18)23-13-17-16-6-3-2-5-15(16)8-9-22-17;/h2-3,5-6,8-9,18-19H,4,7,10-14H2,1H3,(H,21,23);1H. The highest BCUT2D eigenvalue weighted by atomic mass is 127. The quantitative estimate of drug-likeness (QED) is 0.415. The molecule has 0 spiro atoms. The number of hydrogen-bond donors (Lipinski definition) is 1. The summed E-state index contributed by atoms with van der Waals surface area (Å²) in [5.41, 5.74) is 1.04. The minimum atomic E-state index is 0. The molecule has 0 bridgehead atoms. The molecule has 1 N–H and O–H groups in total. The second-order valence-corrected chi connectivity index (χ2v) is 6.79. The minimum Gasteiger partial charge on any atom is -0.375 e. The molecule has 27 heavy (non-hydrogen) atoms. The van der Waals surface area contributed by atoms with Crippen LogP contribution in [0, 0.1) is 0 Å². The summed E-state index contributed by atoms with van der Waals surface area (Å²) in [5.74, 6) is 0.894.